The highest BCUT2D eigenvalue weighted by atomic mass is 14.3. The topological polar surface area (TPSA) is 0 Å². The summed E-state index contributed by atoms with van der Waals surface area (Å²) in [5.74, 6) is 1.57. The van der Waals surface area contributed by atoms with E-state index in [9.17, 15) is 0 Å². The lowest BCUT2D eigenvalue weighted by Crippen LogP contribution is -2.14. The van der Waals surface area contributed by atoms with Crippen molar-refractivity contribution >= 4 is 0 Å². The highest BCUT2D eigenvalue weighted by Gasteiger charge is 2.23. The molecule has 1 aromatic carbocycles. The summed E-state index contributed by atoms with van der Waals surface area (Å²) in [5, 5.41) is 0. The van der Waals surface area contributed by atoms with Crippen LogP contribution < -0.4 is 0 Å². The third-order valence-corrected chi connectivity index (χ3v) is 4.05. The summed E-state index contributed by atoms with van der Waals surface area (Å²) in [6.07, 6.45) is 5.33. The zero-order chi connectivity index (χ0) is 11.5. The van der Waals surface area contributed by atoms with Crippen molar-refractivity contribution in [1.29, 1.82) is 0 Å². The van der Waals surface area contributed by atoms with Crippen molar-refractivity contribution < 1.29 is 0 Å². The Labute approximate surface area is 99.4 Å². The largest absolute Gasteiger partial charge is 0.0999 e. The molecule has 0 spiro atoms. The van der Waals surface area contributed by atoms with E-state index in [1.165, 1.54) is 36.8 Å². The molecule has 0 N–H and O–H groups in total. The summed E-state index contributed by atoms with van der Waals surface area (Å²) >= 11 is 0. The van der Waals surface area contributed by atoms with Gasteiger partial charge in [-0.15, -0.1) is 0 Å². The first kappa shape index (κ1) is 11.4. The van der Waals surface area contributed by atoms with Crippen molar-refractivity contribution in [2.45, 2.75) is 45.4 Å². The molecule has 0 unspecified atom stereocenters. The molecule has 16 heavy (non-hydrogen) atoms. The molecule has 0 amide bonds. The van der Waals surface area contributed by atoms with Gasteiger partial charge >= 0.3 is 0 Å². The molecule has 0 atom stereocenters. The highest BCUT2D eigenvalue weighted by molar-refractivity contribution is 5.29. The minimum atomic E-state index is 0.778. The van der Waals surface area contributed by atoms with E-state index in [0.29, 0.717) is 0 Å². The summed E-state index contributed by atoms with van der Waals surface area (Å²) in [4.78, 5) is 0. The van der Waals surface area contributed by atoms with Gasteiger partial charge in [0.15, 0.2) is 0 Å². The predicted octanol–water partition coefficient (Wildman–Crippen LogP) is 4.84. The van der Waals surface area contributed by atoms with Gasteiger partial charge in [-0.3, -0.25) is 0 Å². The SMILES string of the molecule is C=C(C)C1CCC(c2ccccc2C)CC1. The molecule has 1 aliphatic carbocycles. The Bertz CT molecular complexity index is 367. The summed E-state index contributed by atoms with van der Waals surface area (Å²) in [7, 11) is 0. The monoisotopic (exact) mass is 214 g/mol. The van der Waals surface area contributed by atoms with E-state index in [-0.39, 0.29) is 0 Å². The second-order valence-electron chi connectivity index (χ2n) is 5.25. The lowest BCUT2D eigenvalue weighted by Gasteiger charge is -2.29. The van der Waals surface area contributed by atoms with Crippen LogP contribution >= 0.6 is 0 Å². The Morgan fingerprint density at radius 2 is 1.75 bits per heavy atom. The first-order valence-electron chi connectivity index (χ1n) is 6.39. The molecule has 0 aliphatic heterocycles. The molecule has 1 aliphatic rings. The first-order valence-corrected chi connectivity index (χ1v) is 6.39. The van der Waals surface area contributed by atoms with Crippen molar-refractivity contribution in [2.24, 2.45) is 5.92 Å². The van der Waals surface area contributed by atoms with Crippen LogP contribution in [0.25, 0.3) is 0 Å². The molecule has 1 saturated carbocycles. The highest BCUT2D eigenvalue weighted by Crippen LogP contribution is 2.38. The number of hydrogen-bond donors (Lipinski definition) is 0. The third kappa shape index (κ3) is 2.37. The maximum absolute atomic E-state index is 4.09. The molecular formula is C16H22. The molecule has 86 valence electrons. The number of benzene rings is 1. The van der Waals surface area contributed by atoms with Gasteiger partial charge in [-0.25, -0.2) is 0 Å². The summed E-state index contributed by atoms with van der Waals surface area (Å²) in [6, 6.07) is 8.85. The van der Waals surface area contributed by atoms with Crippen molar-refractivity contribution in [3.63, 3.8) is 0 Å². The van der Waals surface area contributed by atoms with E-state index in [1.807, 2.05) is 0 Å². The number of hydrogen-bond acceptors (Lipinski definition) is 0. The molecular weight excluding hydrogens is 192 g/mol. The van der Waals surface area contributed by atoms with Crippen LogP contribution in [-0.4, -0.2) is 0 Å². The van der Waals surface area contributed by atoms with Gasteiger partial charge in [0.25, 0.3) is 0 Å². The summed E-state index contributed by atoms with van der Waals surface area (Å²) < 4.78 is 0. The van der Waals surface area contributed by atoms with E-state index in [2.05, 4.69) is 44.7 Å². The van der Waals surface area contributed by atoms with Crippen LogP contribution in [0.3, 0.4) is 0 Å². The molecule has 0 heterocycles. The van der Waals surface area contributed by atoms with Gasteiger partial charge in [-0.05, 0) is 62.5 Å². The minimum absolute atomic E-state index is 0.778. The summed E-state index contributed by atoms with van der Waals surface area (Å²) in [6.45, 7) is 8.51. The fraction of sp³-hybridized carbons (Fsp3) is 0.500. The van der Waals surface area contributed by atoms with Crippen molar-refractivity contribution in [2.75, 3.05) is 0 Å². The number of aryl methyl sites for hydroxylation is 1. The van der Waals surface area contributed by atoms with E-state index in [0.717, 1.165) is 11.8 Å². The van der Waals surface area contributed by atoms with Crippen LogP contribution in [0.2, 0.25) is 0 Å². The summed E-state index contributed by atoms with van der Waals surface area (Å²) in [5.41, 5.74) is 4.41. The molecule has 0 aromatic heterocycles. The van der Waals surface area contributed by atoms with Crippen molar-refractivity contribution in [3.8, 4) is 0 Å². The lowest BCUT2D eigenvalue weighted by atomic mass is 9.76. The second-order valence-corrected chi connectivity index (χ2v) is 5.25. The fourth-order valence-electron chi connectivity index (χ4n) is 2.94. The second kappa shape index (κ2) is 4.86. The molecule has 0 saturated heterocycles. The zero-order valence-corrected chi connectivity index (χ0v) is 10.5. The maximum Gasteiger partial charge on any atom is -0.0159 e. The number of allylic oxidation sites excluding steroid dienone is 1. The lowest BCUT2D eigenvalue weighted by molar-refractivity contribution is 0.363. The third-order valence-electron chi connectivity index (χ3n) is 4.05. The molecule has 0 bridgehead atoms. The smallest absolute Gasteiger partial charge is 0.0159 e. The van der Waals surface area contributed by atoms with Gasteiger partial charge in [0.1, 0.15) is 0 Å². The van der Waals surface area contributed by atoms with Crippen molar-refractivity contribution in [3.05, 3.63) is 47.5 Å². The van der Waals surface area contributed by atoms with Gasteiger partial charge in [-0.2, -0.15) is 0 Å². The Balaban J connectivity index is 2.05. The molecule has 0 radical (unpaired) electrons. The average Bonchev–Trinajstić information content (AvgIpc) is 2.30. The Morgan fingerprint density at radius 3 is 2.31 bits per heavy atom. The molecule has 0 nitrogen and oxygen atoms in total. The normalized spacial score (nSPS) is 25.4. The average molecular weight is 214 g/mol. The van der Waals surface area contributed by atoms with Crippen LogP contribution in [0, 0.1) is 12.8 Å². The van der Waals surface area contributed by atoms with Crippen LogP contribution in [0.15, 0.2) is 36.4 Å². The van der Waals surface area contributed by atoms with Gasteiger partial charge in [0.2, 0.25) is 0 Å². The molecule has 1 aromatic rings. The Hall–Kier alpha value is -1.04. The maximum atomic E-state index is 4.09. The zero-order valence-electron chi connectivity index (χ0n) is 10.5. The minimum Gasteiger partial charge on any atom is -0.0999 e. The van der Waals surface area contributed by atoms with E-state index in [1.54, 1.807) is 5.56 Å². The standard InChI is InChI=1S/C16H22/c1-12(2)14-8-10-15(11-9-14)16-7-5-4-6-13(16)3/h4-7,14-15H,1,8-11H2,2-3H3. The van der Waals surface area contributed by atoms with Crippen LogP contribution in [-0.2, 0) is 0 Å². The van der Waals surface area contributed by atoms with Gasteiger partial charge in [0.05, 0.1) is 0 Å². The number of rotatable bonds is 2. The van der Waals surface area contributed by atoms with Gasteiger partial charge < -0.3 is 0 Å². The molecule has 0 heteroatoms. The van der Waals surface area contributed by atoms with E-state index >= 15 is 0 Å². The predicted molar refractivity (Wildman–Crippen MR) is 70.7 cm³/mol. The fourth-order valence-corrected chi connectivity index (χ4v) is 2.94. The van der Waals surface area contributed by atoms with Gasteiger partial charge in [0, 0.05) is 0 Å². The first-order chi connectivity index (χ1) is 7.68. The van der Waals surface area contributed by atoms with Crippen LogP contribution in [0.1, 0.15) is 49.7 Å². The van der Waals surface area contributed by atoms with Gasteiger partial charge in [-0.1, -0.05) is 36.4 Å². The molecule has 2 rings (SSSR count). The Kier molecular flexibility index (Phi) is 3.48. The van der Waals surface area contributed by atoms with E-state index in [4.69, 9.17) is 0 Å². The van der Waals surface area contributed by atoms with Crippen LogP contribution in [0.5, 0.6) is 0 Å². The van der Waals surface area contributed by atoms with E-state index < -0.39 is 0 Å². The van der Waals surface area contributed by atoms with Crippen LogP contribution in [0.4, 0.5) is 0 Å². The Morgan fingerprint density at radius 1 is 1.12 bits per heavy atom. The van der Waals surface area contributed by atoms with Crippen molar-refractivity contribution in [1.82, 2.24) is 0 Å². The quantitative estimate of drug-likeness (QED) is 0.618. The molecule has 1 fully saturated rings.